The lowest BCUT2D eigenvalue weighted by Crippen LogP contribution is -2.40. The molecule has 6 heteroatoms. The summed E-state index contributed by atoms with van der Waals surface area (Å²) in [6.07, 6.45) is 3.74. The van der Waals surface area contributed by atoms with Gasteiger partial charge in [0, 0.05) is 11.3 Å². The highest BCUT2D eigenvalue weighted by Gasteiger charge is 2.19. The number of amides is 1. The van der Waals surface area contributed by atoms with E-state index in [1.165, 1.54) is 0 Å². The van der Waals surface area contributed by atoms with Crippen LogP contribution in [0.2, 0.25) is 0 Å². The quantitative estimate of drug-likeness (QED) is 0.758. The van der Waals surface area contributed by atoms with E-state index in [-0.39, 0.29) is 6.42 Å². The highest BCUT2D eigenvalue weighted by Crippen LogP contribution is 2.10. The second kappa shape index (κ2) is 8.28. The van der Waals surface area contributed by atoms with Crippen LogP contribution in [-0.4, -0.2) is 32.8 Å². The van der Waals surface area contributed by atoms with Crippen molar-refractivity contribution in [3.8, 4) is 0 Å². The fraction of sp³-hybridized carbons (Fsp3) is 0.316. The van der Waals surface area contributed by atoms with Crippen molar-refractivity contribution in [1.82, 2.24) is 15.1 Å². The third-order valence-electron chi connectivity index (χ3n) is 3.86. The summed E-state index contributed by atoms with van der Waals surface area (Å²) in [5.41, 5.74) is 3.50. The van der Waals surface area contributed by atoms with Gasteiger partial charge in [-0.2, -0.15) is 5.10 Å². The van der Waals surface area contributed by atoms with Crippen molar-refractivity contribution in [3.63, 3.8) is 0 Å². The number of aromatic nitrogens is 2. The SMILES string of the molecule is C/C=C/CC(NC(=O)c1ccc(Cn2nc(C)cc2C)cc1)C(=O)O. The number of benzene rings is 1. The van der Waals surface area contributed by atoms with Gasteiger partial charge in [0.2, 0.25) is 0 Å². The molecule has 1 amide bonds. The standard InChI is InChI=1S/C19H23N3O3/c1-4-5-6-17(19(24)25)20-18(23)16-9-7-15(8-10-16)12-22-14(3)11-13(2)21-22/h4-5,7-11,17H,6,12H2,1-3H3,(H,20,23)(H,24,25)/b5-4+. The van der Waals surface area contributed by atoms with Crippen LogP contribution in [0, 0.1) is 13.8 Å². The Morgan fingerprint density at radius 1 is 1.28 bits per heavy atom. The van der Waals surface area contributed by atoms with Crippen LogP contribution >= 0.6 is 0 Å². The van der Waals surface area contributed by atoms with E-state index < -0.39 is 17.9 Å². The van der Waals surface area contributed by atoms with Crippen LogP contribution in [0.1, 0.15) is 40.7 Å². The maximum absolute atomic E-state index is 12.2. The smallest absolute Gasteiger partial charge is 0.326 e. The fourth-order valence-electron chi connectivity index (χ4n) is 2.50. The highest BCUT2D eigenvalue weighted by atomic mass is 16.4. The van der Waals surface area contributed by atoms with Crippen molar-refractivity contribution in [2.24, 2.45) is 0 Å². The summed E-state index contributed by atoms with van der Waals surface area (Å²) in [5, 5.41) is 16.1. The number of carboxylic acid groups (broad SMARTS) is 1. The molecular weight excluding hydrogens is 318 g/mol. The van der Waals surface area contributed by atoms with E-state index in [1.807, 2.05) is 43.7 Å². The van der Waals surface area contributed by atoms with Gasteiger partial charge in [-0.3, -0.25) is 9.48 Å². The van der Waals surface area contributed by atoms with Crippen molar-refractivity contribution in [1.29, 1.82) is 0 Å². The van der Waals surface area contributed by atoms with Gasteiger partial charge in [-0.1, -0.05) is 24.3 Å². The molecule has 1 atom stereocenters. The van der Waals surface area contributed by atoms with Gasteiger partial charge < -0.3 is 10.4 Å². The molecule has 0 saturated heterocycles. The van der Waals surface area contributed by atoms with Crippen LogP contribution < -0.4 is 5.32 Å². The molecule has 2 N–H and O–H groups in total. The third kappa shape index (κ3) is 5.04. The number of nitrogens with one attached hydrogen (secondary N) is 1. The molecule has 2 aromatic rings. The van der Waals surface area contributed by atoms with Crippen molar-refractivity contribution in [3.05, 3.63) is 65.0 Å². The highest BCUT2D eigenvalue weighted by molar-refractivity contribution is 5.96. The number of carbonyl (C=O) groups is 2. The Bertz CT molecular complexity index is 776. The first kappa shape index (κ1) is 18.4. The van der Waals surface area contributed by atoms with Crippen LogP contribution in [0.5, 0.6) is 0 Å². The van der Waals surface area contributed by atoms with Crippen molar-refractivity contribution in [2.75, 3.05) is 0 Å². The lowest BCUT2D eigenvalue weighted by molar-refractivity contribution is -0.139. The topological polar surface area (TPSA) is 84.2 Å². The number of carboxylic acids is 1. The predicted molar refractivity (Wildman–Crippen MR) is 95.6 cm³/mol. The number of hydrogen-bond donors (Lipinski definition) is 2. The summed E-state index contributed by atoms with van der Waals surface area (Å²) in [4.78, 5) is 23.4. The number of carbonyl (C=O) groups excluding carboxylic acids is 1. The van der Waals surface area contributed by atoms with Crippen molar-refractivity contribution in [2.45, 2.75) is 39.8 Å². The third-order valence-corrected chi connectivity index (χ3v) is 3.86. The minimum Gasteiger partial charge on any atom is -0.480 e. The number of hydrogen-bond acceptors (Lipinski definition) is 3. The molecule has 0 spiro atoms. The molecule has 132 valence electrons. The lowest BCUT2D eigenvalue weighted by Gasteiger charge is -2.13. The van der Waals surface area contributed by atoms with Gasteiger partial charge >= 0.3 is 5.97 Å². The molecule has 1 aromatic carbocycles. The molecular formula is C19H23N3O3. The van der Waals surface area contributed by atoms with Crippen LogP contribution in [0.25, 0.3) is 0 Å². The van der Waals surface area contributed by atoms with E-state index in [1.54, 1.807) is 24.3 Å². The summed E-state index contributed by atoms with van der Waals surface area (Å²) < 4.78 is 1.90. The van der Waals surface area contributed by atoms with Crippen LogP contribution in [0.4, 0.5) is 0 Å². The monoisotopic (exact) mass is 341 g/mol. The minimum atomic E-state index is -1.05. The largest absolute Gasteiger partial charge is 0.480 e. The summed E-state index contributed by atoms with van der Waals surface area (Å²) >= 11 is 0. The molecule has 0 saturated carbocycles. The van der Waals surface area contributed by atoms with E-state index in [4.69, 9.17) is 0 Å². The Morgan fingerprint density at radius 2 is 1.96 bits per heavy atom. The molecule has 1 aromatic heterocycles. The van der Waals surface area contributed by atoms with Crippen LogP contribution in [0.3, 0.4) is 0 Å². The Morgan fingerprint density at radius 3 is 2.48 bits per heavy atom. The zero-order valence-corrected chi connectivity index (χ0v) is 14.7. The summed E-state index contributed by atoms with van der Waals surface area (Å²) in [5.74, 6) is -1.44. The Kier molecular flexibility index (Phi) is 6.11. The maximum Gasteiger partial charge on any atom is 0.326 e. The maximum atomic E-state index is 12.2. The molecule has 1 heterocycles. The van der Waals surface area contributed by atoms with Crippen LogP contribution in [-0.2, 0) is 11.3 Å². The molecule has 0 fully saturated rings. The molecule has 1 unspecified atom stereocenters. The molecule has 2 rings (SSSR count). The molecule has 0 aliphatic rings. The molecule has 0 aliphatic carbocycles. The van der Waals surface area contributed by atoms with E-state index in [0.29, 0.717) is 12.1 Å². The normalized spacial score (nSPS) is 12.3. The van der Waals surface area contributed by atoms with Gasteiger partial charge in [0.1, 0.15) is 6.04 Å². The minimum absolute atomic E-state index is 0.258. The molecule has 6 nitrogen and oxygen atoms in total. The zero-order chi connectivity index (χ0) is 18.4. The van der Waals surface area contributed by atoms with E-state index in [0.717, 1.165) is 17.0 Å². The second-order valence-corrected chi connectivity index (χ2v) is 5.95. The lowest BCUT2D eigenvalue weighted by atomic mass is 10.1. The number of allylic oxidation sites excluding steroid dienone is 1. The Balaban J connectivity index is 2.04. The van der Waals surface area contributed by atoms with Gasteiger partial charge in [0.05, 0.1) is 12.2 Å². The molecule has 0 bridgehead atoms. The summed E-state index contributed by atoms with van der Waals surface area (Å²) in [6, 6.07) is 8.19. The number of aliphatic carboxylic acids is 1. The van der Waals surface area contributed by atoms with Crippen LogP contribution in [0.15, 0.2) is 42.5 Å². The van der Waals surface area contributed by atoms with Crippen molar-refractivity contribution < 1.29 is 14.7 Å². The number of nitrogens with zero attached hydrogens (tertiary/aromatic N) is 2. The zero-order valence-electron chi connectivity index (χ0n) is 14.7. The van der Waals surface area contributed by atoms with Gasteiger partial charge in [-0.05, 0) is 51.0 Å². The Labute approximate surface area is 147 Å². The molecule has 0 radical (unpaired) electrons. The number of aryl methyl sites for hydroxylation is 2. The number of rotatable bonds is 7. The molecule has 0 aliphatic heterocycles. The van der Waals surface area contributed by atoms with Gasteiger partial charge in [0.25, 0.3) is 5.91 Å². The second-order valence-electron chi connectivity index (χ2n) is 5.95. The summed E-state index contributed by atoms with van der Waals surface area (Å²) in [7, 11) is 0. The van der Waals surface area contributed by atoms with Gasteiger partial charge in [0.15, 0.2) is 0 Å². The predicted octanol–water partition coefficient (Wildman–Crippen LogP) is 2.70. The van der Waals surface area contributed by atoms with E-state index >= 15 is 0 Å². The first-order valence-corrected chi connectivity index (χ1v) is 8.15. The fourth-order valence-corrected chi connectivity index (χ4v) is 2.50. The van der Waals surface area contributed by atoms with Gasteiger partial charge in [-0.15, -0.1) is 0 Å². The van der Waals surface area contributed by atoms with E-state index in [9.17, 15) is 14.7 Å². The van der Waals surface area contributed by atoms with Crippen molar-refractivity contribution >= 4 is 11.9 Å². The summed E-state index contributed by atoms with van der Waals surface area (Å²) in [6.45, 7) is 6.38. The van der Waals surface area contributed by atoms with Gasteiger partial charge in [-0.25, -0.2) is 4.79 Å². The first-order chi connectivity index (χ1) is 11.9. The molecule has 25 heavy (non-hydrogen) atoms. The first-order valence-electron chi connectivity index (χ1n) is 8.15. The Hall–Kier alpha value is -2.89. The average molecular weight is 341 g/mol. The average Bonchev–Trinajstić information content (AvgIpc) is 2.89. The van der Waals surface area contributed by atoms with E-state index in [2.05, 4.69) is 10.4 Å².